The van der Waals surface area contributed by atoms with Crippen LogP contribution in [-0.4, -0.2) is 18.1 Å². The topological polar surface area (TPSA) is 50.4 Å². The van der Waals surface area contributed by atoms with E-state index in [0.29, 0.717) is 17.0 Å². The largest absolute Gasteiger partial charge is 0.495 e. The summed E-state index contributed by atoms with van der Waals surface area (Å²) >= 11 is 5.16. The maximum absolute atomic E-state index is 12.2. The van der Waals surface area contributed by atoms with E-state index in [-0.39, 0.29) is 11.0 Å². The minimum Gasteiger partial charge on any atom is -0.495 e. The molecule has 0 atom stereocenters. The molecule has 0 saturated heterocycles. The Bertz CT molecular complexity index is 671. The highest BCUT2D eigenvalue weighted by molar-refractivity contribution is 7.80. The molecule has 0 fully saturated rings. The monoisotopic (exact) mass is 300 g/mol. The van der Waals surface area contributed by atoms with E-state index in [9.17, 15) is 4.79 Å². The van der Waals surface area contributed by atoms with Crippen molar-refractivity contribution < 1.29 is 9.53 Å². The lowest BCUT2D eigenvalue weighted by molar-refractivity contribution is 0.0977. The number of methoxy groups -OCH3 is 1. The molecule has 5 heteroatoms. The van der Waals surface area contributed by atoms with Crippen LogP contribution in [0.3, 0.4) is 0 Å². The quantitative estimate of drug-likeness (QED) is 0.855. The van der Waals surface area contributed by atoms with E-state index < -0.39 is 0 Å². The number of hydrogen-bond donors (Lipinski definition) is 2. The van der Waals surface area contributed by atoms with Crippen molar-refractivity contribution in [2.24, 2.45) is 0 Å². The molecule has 2 aromatic carbocycles. The van der Waals surface area contributed by atoms with E-state index in [1.54, 1.807) is 13.2 Å². The summed E-state index contributed by atoms with van der Waals surface area (Å²) in [6.07, 6.45) is 0. The second-order valence-corrected chi connectivity index (χ2v) is 4.83. The second kappa shape index (κ2) is 6.85. The van der Waals surface area contributed by atoms with Crippen LogP contribution in [0.2, 0.25) is 0 Å². The third-order valence-corrected chi connectivity index (χ3v) is 3.18. The molecular weight excluding hydrogens is 284 g/mol. The summed E-state index contributed by atoms with van der Waals surface area (Å²) in [5.41, 5.74) is 2.20. The van der Waals surface area contributed by atoms with Gasteiger partial charge >= 0.3 is 0 Å². The first kappa shape index (κ1) is 15.0. The Morgan fingerprint density at radius 1 is 1.10 bits per heavy atom. The zero-order valence-corrected chi connectivity index (χ0v) is 12.7. The number of hydrogen-bond acceptors (Lipinski definition) is 3. The number of anilines is 1. The van der Waals surface area contributed by atoms with Gasteiger partial charge in [-0.15, -0.1) is 0 Å². The first-order chi connectivity index (χ1) is 10.1. The van der Waals surface area contributed by atoms with E-state index in [2.05, 4.69) is 10.6 Å². The van der Waals surface area contributed by atoms with Gasteiger partial charge < -0.3 is 10.1 Å². The number of para-hydroxylation sites is 2. The van der Waals surface area contributed by atoms with Crippen molar-refractivity contribution in [1.29, 1.82) is 0 Å². The van der Waals surface area contributed by atoms with Crippen molar-refractivity contribution in [2.45, 2.75) is 6.92 Å². The third kappa shape index (κ3) is 3.79. The van der Waals surface area contributed by atoms with Crippen LogP contribution < -0.4 is 15.4 Å². The van der Waals surface area contributed by atoms with Crippen molar-refractivity contribution in [3.05, 3.63) is 59.7 Å². The summed E-state index contributed by atoms with van der Waals surface area (Å²) in [6, 6.07) is 14.7. The number of nitrogens with one attached hydrogen (secondary N) is 2. The molecule has 2 rings (SSSR count). The fourth-order valence-electron chi connectivity index (χ4n) is 1.90. The summed E-state index contributed by atoms with van der Waals surface area (Å²) in [5.74, 6) is 0.422. The Hall–Kier alpha value is -2.40. The average Bonchev–Trinajstić information content (AvgIpc) is 2.48. The minimum atomic E-state index is -0.236. The summed E-state index contributed by atoms with van der Waals surface area (Å²) in [4.78, 5) is 12.2. The van der Waals surface area contributed by atoms with Gasteiger partial charge in [0.2, 0.25) is 0 Å². The molecule has 0 unspecified atom stereocenters. The molecule has 0 aliphatic heterocycles. The number of rotatable bonds is 3. The molecule has 0 spiro atoms. The Balaban J connectivity index is 2.05. The number of carbonyl (C=O) groups excluding carboxylic acids is 1. The molecule has 0 saturated carbocycles. The van der Waals surface area contributed by atoms with Crippen LogP contribution in [0.1, 0.15) is 15.9 Å². The molecule has 0 aromatic heterocycles. The number of aryl methyl sites for hydroxylation is 1. The highest BCUT2D eigenvalue weighted by atomic mass is 32.1. The smallest absolute Gasteiger partial charge is 0.257 e. The van der Waals surface area contributed by atoms with Crippen molar-refractivity contribution in [2.75, 3.05) is 12.4 Å². The Labute approximate surface area is 129 Å². The normalized spacial score (nSPS) is 9.81. The molecule has 1 amide bonds. The fraction of sp³-hybridized carbons (Fsp3) is 0.125. The van der Waals surface area contributed by atoms with Crippen LogP contribution >= 0.6 is 12.2 Å². The number of benzene rings is 2. The Morgan fingerprint density at radius 3 is 2.48 bits per heavy atom. The molecule has 4 nitrogen and oxygen atoms in total. The third-order valence-electron chi connectivity index (χ3n) is 2.97. The molecule has 108 valence electrons. The van der Waals surface area contributed by atoms with Crippen molar-refractivity contribution in [1.82, 2.24) is 5.32 Å². The minimum absolute atomic E-state index is 0.229. The fourth-order valence-corrected chi connectivity index (χ4v) is 2.10. The molecule has 0 aliphatic rings. The Morgan fingerprint density at radius 2 is 1.76 bits per heavy atom. The summed E-state index contributed by atoms with van der Waals surface area (Å²) < 4.78 is 5.22. The van der Waals surface area contributed by atoms with Crippen LogP contribution in [-0.2, 0) is 0 Å². The van der Waals surface area contributed by atoms with Crippen LogP contribution in [0.15, 0.2) is 48.5 Å². The van der Waals surface area contributed by atoms with Gasteiger partial charge in [-0.3, -0.25) is 10.1 Å². The van der Waals surface area contributed by atoms with E-state index in [4.69, 9.17) is 17.0 Å². The molecule has 21 heavy (non-hydrogen) atoms. The van der Waals surface area contributed by atoms with E-state index in [0.717, 1.165) is 5.56 Å². The van der Waals surface area contributed by atoms with Gasteiger partial charge in [0, 0.05) is 5.56 Å². The molecule has 0 heterocycles. The van der Waals surface area contributed by atoms with Crippen molar-refractivity contribution in [3.63, 3.8) is 0 Å². The standard InChI is InChI=1S/C16H16N2O2S/c1-11-7-3-4-8-12(11)15(19)18-16(21)17-13-9-5-6-10-14(13)20-2/h3-10H,1-2H3,(H2,17,18,19,21). The summed E-state index contributed by atoms with van der Waals surface area (Å²) in [7, 11) is 1.58. The Kier molecular flexibility index (Phi) is 4.90. The van der Waals surface area contributed by atoms with Gasteiger partial charge in [0.05, 0.1) is 12.8 Å². The second-order valence-electron chi connectivity index (χ2n) is 4.42. The lowest BCUT2D eigenvalue weighted by Crippen LogP contribution is -2.34. The summed E-state index contributed by atoms with van der Waals surface area (Å²) in [5, 5.41) is 5.85. The predicted octanol–water partition coefficient (Wildman–Crippen LogP) is 3.13. The van der Waals surface area contributed by atoms with E-state index in [1.807, 2.05) is 49.4 Å². The highest BCUT2D eigenvalue weighted by Crippen LogP contribution is 2.22. The molecule has 0 radical (unpaired) electrons. The maximum Gasteiger partial charge on any atom is 0.257 e. The molecule has 0 aliphatic carbocycles. The molecular formula is C16H16N2O2S. The SMILES string of the molecule is COc1ccccc1NC(=S)NC(=O)c1ccccc1C. The van der Waals surface area contributed by atoms with Gasteiger partial charge in [-0.2, -0.15) is 0 Å². The van der Waals surface area contributed by atoms with Crippen molar-refractivity contribution in [3.8, 4) is 5.75 Å². The van der Waals surface area contributed by atoms with Gasteiger partial charge in [-0.1, -0.05) is 30.3 Å². The first-order valence-electron chi connectivity index (χ1n) is 6.43. The van der Waals surface area contributed by atoms with Gasteiger partial charge in [0.1, 0.15) is 5.75 Å². The van der Waals surface area contributed by atoms with Crippen LogP contribution in [0, 0.1) is 6.92 Å². The summed E-state index contributed by atoms with van der Waals surface area (Å²) in [6.45, 7) is 1.88. The number of carbonyl (C=O) groups is 1. The van der Waals surface area contributed by atoms with Crippen LogP contribution in [0.25, 0.3) is 0 Å². The first-order valence-corrected chi connectivity index (χ1v) is 6.83. The lowest BCUT2D eigenvalue weighted by Gasteiger charge is -2.13. The number of ether oxygens (including phenoxy) is 1. The van der Waals surface area contributed by atoms with Gasteiger partial charge in [0.15, 0.2) is 5.11 Å². The average molecular weight is 300 g/mol. The highest BCUT2D eigenvalue weighted by Gasteiger charge is 2.11. The lowest BCUT2D eigenvalue weighted by atomic mass is 10.1. The predicted molar refractivity (Wildman–Crippen MR) is 87.9 cm³/mol. The molecule has 2 aromatic rings. The van der Waals surface area contributed by atoms with Gasteiger partial charge in [-0.25, -0.2) is 0 Å². The van der Waals surface area contributed by atoms with E-state index in [1.165, 1.54) is 0 Å². The number of thiocarbonyl (C=S) groups is 1. The van der Waals surface area contributed by atoms with Crippen molar-refractivity contribution >= 4 is 28.9 Å². The van der Waals surface area contributed by atoms with Crippen LogP contribution in [0.5, 0.6) is 5.75 Å². The van der Waals surface area contributed by atoms with Crippen LogP contribution in [0.4, 0.5) is 5.69 Å². The van der Waals surface area contributed by atoms with Gasteiger partial charge in [0.25, 0.3) is 5.91 Å². The zero-order valence-electron chi connectivity index (χ0n) is 11.8. The van der Waals surface area contributed by atoms with Gasteiger partial charge in [-0.05, 0) is 42.9 Å². The van der Waals surface area contributed by atoms with E-state index >= 15 is 0 Å². The molecule has 0 bridgehead atoms. The zero-order chi connectivity index (χ0) is 15.2. The molecule has 2 N–H and O–H groups in total. The maximum atomic E-state index is 12.2. The number of amides is 1.